The van der Waals surface area contributed by atoms with E-state index in [2.05, 4.69) is 20.3 Å². The molecule has 0 aliphatic carbocycles. The van der Waals surface area contributed by atoms with Crippen molar-refractivity contribution in [1.29, 1.82) is 0 Å². The van der Waals surface area contributed by atoms with E-state index < -0.39 is 18.0 Å². The molecular weight excluding hydrogens is 364 g/mol. The van der Waals surface area contributed by atoms with E-state index >= 15 is 0 Å². The Morgan fingerprint density at radius 3 is 2.41 bits per heavy atom. The van der Waals surface area contributed by atoms with Gasteiger partial charge in [-0.15, -0.1) is 11.3 Å². The van der Waals surface area contributed by atoms with Gasteiger partial charge in [-0.05, 0) is 39.8 Å². The number of carbonyl (C=O) groups is 2. The molecule has 8 heteroatoms. The van der Waals surface area contributed by atoms with Gasteiger partial charge in [-0.3, -0.25) is 10.1 Å². The van der Waals surface area contributed by atoms with E-state index in [1.165, 1.54) is 18.3 Å². The lowest BCUT2D eigenvalue weighted by Gasteiger charge is -2.12. The predicted molar refractivity (Wildman–Crippen MR) is 104 cm³/mol. The minimum absolute atomic E-state index is 0.364. The van der Waals surface area contributed by atoms with E-state index in [1.807, 2.05) is 26.2 Å². The standard InChI is InChI=1S/C19H20N4O3S/c1-10-9-27-19(20-10)23-17(24)13(4)26-18(25)15-7-5-14(6-8-15)16-21-11(2)12(3)22-16/h5-9,13H,1-4H3,(H,21,22)(H,20,23,24). The monoisotopic (exact) mass is 384 g/mol. The van der Waals surface area contributed by atoms with Crippen molar-refractivity contribution < 1.29 is 14.3 Å². The lowest BCUT2D eigenvalue weighted by Crippen LogP contribution is -2.29. The summed E-state index contributed by atoms with van der Waals surface area (Å²) in [6.45, 7) is 7.25. The lowest BCUT2D eigenvalue weighted by molar-refractivity contribution is -0.123. The molecule has 27 heavy (non-hydrogen) atoms. The van der Waals surface area contributed by atoms with Crippen LogP contribution in [0.1, 0.15) is 34.4 Å². The highest BCUT2D eigenvalue weighted by atomic mass is 32.1. The first-order valence-corrected chi connectivity index (χ1v) is 9.29. The number of ether oxygens (including phenoxy) is 1. The van der Waals surface area contributed by atoms with Crippen LogP contribution in [0.2, 0.25) is 0 Å². The van der Waals surface area contributed by atoms with Gasteiger partial charge in [-0.2, -0.15) is 0 Å². The molecule has 0 aliphatic rings. The molecule has 7 nitrogen and oxygen atoms in total. The molecule has 0 fully saturated rings. The van der Waals surface area contributed by atoms with Crippen LogP contribution in [0.15, 0.2) is 29.6 Å². The fourth-order valence-electron chi connectivity index (χ4n) is 2.35. The van der Waals surface area contributed by atoms with Gasteiger partial charge in [-0.1, -0.05) is 12.1 Å². The number of rotatable bonds is 5. The zero-order valence-corrected chi connectivity index (χ0v) is 16.3. The first kappa shape index (κ1) is 18.8. The number of aryl methyl sites for hydroxylation is 3. The van der Waals surface area contributed by atoms with Crippen LogP contribution in [-0.2, 0) is 9.53 Å². The first-order chi connectivity index (χ1) is 12.8. The molecule has 2 aromatic heterocycles. The van der Waals surface area contributed by atoms with Crippen LogP contribution < -0.4 is 5.32 Å². The zero-order valence-electron chi connectivity index (χ0n) is 15.5. The number of amides is 1. The first-order valence-electron chi connectivity index (χ1n) is 8.41. The zero-order chi connectivity index (χ0) is 19.6. The van der Waals surface area contributed by atoms with Gasteiger partial charge < -0.3 is 9.72 Å². The fraction of sp³-hybridized carbons (Fsp3) is 0.263. The maximum Gasteiger partial charge on any atom is 0.338 e. The molecular formula is C19H20N4O3S. The number of imidazole rings is 1. The normalized spacial score (nSPS) is 11.9. The molecule has 1 aromatic carbocycles. The maximum atomic E-state index is 12.3. The van der Waals surface area contributed by atoms with E-state index in [-0.39, 0.29) is 0 Å². The molecule has 1 unspecified atom stereocenters. The summed E-state index contributed by atoms with van der Waals surface area (Å²) in [7, 11) is 0. The van der Waals surface area contributed by atoms with Crippen molar-refractivity contribution in [3.05, 3.63) is 52.3 Å². The number of thiazole rings is 1. The van der Waals surface area contributed by atoms with Crippen LogP contribution in [0.3, 0.4) is 0 Å². The van der Waals surface area contributed by atoms with Crippen molar-refractivity contribution >= 4 is 28.3 Å². The highest BCUT2D eigenvalue weighted by molar-refractivity contribution is 7.13. The molecule has 2 N–H and O–H groups in total. The molecule has 2 heterocycles. The van der Waals surface area contributed by atoms with E-state index in [1.54, 1.807) is 24.3 Å². The third-order valence-corrected chi connectivity index (χ3v) is 4.90. The molecule has 3 rings (SSSR count). The third kappa shape index (κ3) is 4.40. The van der Waals surface area contributed by atoms with E-state index in [0.29, 0.717) is 10.7 Å². The smallest absolute Gasteiger partial charge is 0.338 e. The van der Waals surface area contributed by atoms with E-state index in [4.69, 9.17) is 4.74 Å². The summed E-state index contributed by atoms with van der Waals surface area (Å²) in [6, 6.07) is 6.88. The molecule has 1 amide bonds. The summed E-state index contributed by atoms with van der Waals surface area (Å²) in [6.07, 6.45) is -0.934. The molecule has 0 radical (unpaired) electrons. The Balaban J connectivity index is 1.62. The second kappa shape index (κ2) is 7.71. The molecule has 0 saturated carbocycles. The topological polar surface area (TPSA) is 97.0 Å². The fourth-order valence-corrected chi connectivity index (χ4v) is 3.04. The Hall–Kier alpha value is -3.00. The molecule has 0 saturated heterocycles. The summed E-state index contributed by atoms with van der Waals surface area (Å²) in [5, 5.41) is 4.95. The van der Waals surface area contributed by atoms with Gasteiger partial charge in [-0.25, -0.2) is 14.8 Å². The Labute approximate surface area is 160 Å². The molecule has 0 spiro atoms. The lowest BCUT2D eigenvalue weighted by atomic mass is 10.1. The van der Waals surface area contributed by atoms with Crippen LogP contribution in [0.25, 0.3) is 11.4 Å². The average molecular weight is 384 g/mol. The average Bonchev–Trinajstić information content (AvgIpc) is 3.20. The van der Waals surface area contributed by atoms with Crippen LogP contribution >= 0.6 is 11.3 Å². The number of esters is 1. The van der Waals surface area contributed by atoms with Crippen LogP contribution in [0.4, 0.5) is 5.13 Å². The summed E-state index contributed by atoms with van der Waals surface area (Å²) < 4.78 is 5.25. The number of H-pyrrole nitrogens is 1. The quantitative estimate of drug-likeness (QED) is 0.655. The van der Waals surface area contributed by atoms with Crippen molar-refractivity contribution in [2.75, 3.05) is 5.32 Å². The van der Waals surface area contributed by atoms with Gasteiger partial charge in [0.15, 0.2) is 11.2 Å². The Morgan fingerprint density at radius 2 is 1.85 bits per heavy atom. The second-order valence-electron chi connectivity index (χ2n) is 6.20. The van der Waals surface area contributed by atoms with E-state index in [9.17, 15) is 9.59 Å². The summed E-state index contributed by atoms with van der Waals surface area (Å²) >= 11 is 1.32. The van der Waals surface area contributed by atoms with Gasteiger partial charge in [0.2, 0.25) is 0 Å². The number of hydrogen-bond acceptors (Lipinski definition) is 6. The molecule has 140 valence electrons. The number of carbonyl (C=O) groups excluding carboxylic acids is 2. The van der Waals surface area contributed by atoms with Crippen molar-refractivity contribution in [2.45, 2.75) is 33.8 Å². The van der Waals surface area contributed by atoms with Gasteiger partial charge in [0.05, 0.1) is 17.0 Å². The third-order valence-electron chi connectivity index (χ3n) is 4.02. The SMILES string of the molecule is Cc1csc(NC(=O)C(C)OC(=O)c2ccc(-c3nc(C)c(C)[nH]3)cc2)n1. The van der Waals surface area contributed by atoms with Gasteiger partial charge >= 0.3 is 5.97 Å². The summed E-state index contributed by atoms with van der Waals surface area (Å²) in [5.41, 5.74) is 3.99. The molecule has 0 aliphatic heterocycles. The molecule has 1 atom stereocenters. The van der Waals surface area contributed by atoms with Gasteiger partial charge in [0, 0.05) is 16.6 Å². The number of hydrogen-bond donors (Lipinski definition) is 2. The summed E-state index contributed by atoms with van der Waals surface area (Å²) in [5.74, 6) is -0.237. The Morgan fingerprint density at radius 1 is 1.15 bits per heavy atom. The Kier molecular flexibility index (Phi) is 5.36. The van der Waals surface area contributed by atoms with Crippen molar-refractivity contribution in [2.24, 2.45) is 0 Å². The molecule has 3 aromatic rings. The largest absolute Gasteiger partial charge is 0.449 e. The second-order valence-corrected chi connectivity index (χ2v) is 7.06. The van der Waals surface area contributed by atoms with Gasteiger partial charge in [0.25, 0.3) is 5.91 Å². The van der Waals surface area contributed by atoms with Crippen LogP contribution in [-0.4, -0.2) is 32.9 Å². The highest BCUT2D eigenvalue weighted by Gasteiger charge is 2.20. The van der Waals surface area contributed by atoms with Crippen LogP contribution in [0, 0.1) is 20.8 Å². The number of anilines is 1. The van der Waals surface area contributed by atoms with Gasteiger partial charge in [0.1, 0.15) is 5.82 Å². The number of benzene rings is 1. The number of nitrogens with zero attached hydrogens (tertiary/aromatic N) is 2. The number of nitrogens with one attached hydrogen (secondary N) is 2. The predicted octanol–water partition coefficient (Wildman–Crippen LogP) is 3.64. The maximum absolute atomic E-state index is 12.3. The van der Waals surface area contributed by atoms with Crippen molar-refractivity contribution in [3.63, 3.8) is 0 Å². The minimum Gasteiger partial charge on any atom is -0.449 e. The highest BCUT2D eigenvalue weighted by Crippen LogP contribution is 2.19. The van der Waals surface area contributed by atoms with Crippen LogP contribution in [0.5, 0.6) is 0 Å². The van der Waals surface area contributed by atoms with Crippen molar-refractivity contribution in [3.8, 4) is 11.4 Å². The molecule has 0 bridgehead atoms. The minimum atomic E-state index is -0.934. The number of aromatic nitrogens is 3. The van der Waals surface area contributed by atoms with Crippen molar-refractivity contribution in [1.82, 2.24) is 15.0 Å². The Bertz CT molecular complexity index is 956. The number of aromatic amines is 1. The summed E-state index contributed by atoms with van der Waals surface area (Å²) in [4.78, 5) is 36.2. The van der Waals surface area contributed by atoms with E-state index in [0.717, 1.165) is 28.5 Å².